The number of benzene rings is 2. The number of hydrogen-bond donors (Lipinski definition) is 1. The number of aromatic nitrogens is 3. The van der Waals surface area contributed by atoms with Crippen LogP contribution in [0.5, 0.6) is 5.75 Å². The van der Waals surface area contributed by atoms with Crippen LogP contribution in [-0.2, 0) is 0 Å². The van der Waals surface area contributed by atoms with Crippen molar-refractivity contribution in [3.8, 4) is 21.9 Å². The molecule has 0 radical (unpaired) electrons. The van der Waals surface area contributed by atoms with Crippen molar-refractivity contribution in [3.05, 3.63) is 88.7 Å². The van der Waals surface area contributed by atoms with E-state index in [1.54, 1.807) is 6.33 Å². The van der Waals surface area contributed by atoms with Gasteiger partial charge in [0.2, 0.25) is 0 Å². The number of likely N-dealkylation sites (N-methyl/N-ethyl adjacent to an activating group) is 2. The number of nitrogens with zero attached hydrogens (tertiary/aromatic N) is 5. The molecule has 10 heteroatoms. The van der Waals surface area contributed by atoms with Gasteiger partial charge in [0.25, 0.3) is 5.91 Å². The van der Waals surface area contributed by atoms with E-state index in [2.05, 4.69) is 39.9 Å². The molecule has 5 aromatic rings. The number of fused-ring (bicyclic) bond motifs is 1. The highest BCUT2D eigenvalue weighted by molar-refractivity contribution is 7.16. The van der Waals surface area contributed by atoms with Gasteiger partial charge in [0.15, 0.2) is 0 Å². The van der Waals surface area contributed by atoms with E-state index in [4.69, 9.17) is 22.1 Å². The Bertz CT molecular complexity index is 1650. The van der Waals surface area contributed by atoms with Crippen molar-refractivity contribution in [1.82, 2.24) is 19.4 Å². The second kappa shape index (κ2) is 11.7. The molecule has 0 bridgehead atoms. The molecule has 3 heterocycles. The first-order chi connectivity index (χ1) is 19.2. The molecule has 40 heavy (non-hydrogen) atoms. The molecule has 206 valence electrons. The van der Waals surface area contributed by atoms with Crippen LogP contribution in [0, 0.1) is 0 Å². The van der Waals surface area contributed by atoms with Crippen molar-refractivity contribution in [1.29, 1.82) is 0 Å². The summed E-state index contributed by atoms with van der Waals surface area (Å²) in [4.78, 5) is 26.2. The first-order valence-electron chi connectivity index (χ1n) is 12.9. The second-order valence-electron chi connectivity index (χ2n) is 9.87. The maximum atomic E-state index is 12.3. The first-order valence-corrected chi connectivity index (χ1v) is 14.0. The zero-order valence-electron chi connectivity index (χ0n) is 22.8. The number of carbonyl (C=O) groups excluding carboxylic acids is 1. The minimum Gasteiger partial charge on any atom is -0.484 e. The van der Waals surface area contributed by atoms with E-state index in [1.807, 2.05) is 79.3 Å². The van der Waals surface area contributed by atoms with Gasteiger partial charge in [-0.3, -0.25) is 9.36 Å². The largest absolute Gasteiger partial charge is 0.484 e. The third-order valence-corrected chi connectivity index (χ3v) is 8.17. The van der Waals surface area contributed by atoms with Crippen molar-refractivity contribution >= 4 is 45.7 Å². The number of halogens is 1. The fraction of sp³-hybridized carbons (Fsp3) is 0.233. The summed E-state index contributed by atoms with van der Waals surface area (Å²) >= 11 is 7.62. The second-order valence-corrected chi connectivity index (χ2v) is 11.3. The van der Waals surface area contributed by atoms with Crippen molar-refractivity contribution < 1.29 is 9.53 Å². The molecule has 0 unspecified atom stereocenters. The number of pyridine rings is 1. The summed E-state index contributed by atoms with van der Waals surface area (Å²) in [5.74, 6) is 0.800. The maximum Gasteiger partial charge on any atom is 0.262 e. The molecule has 2 N–H and O–H groups in total. The van der Waals surface area contributed by atoms with E-state index >= 15 is 0 Å². The molecule has 1 atom stereocenters. The molecular weight excluding hydrogens is 544 g/mol. The summed E-state index contributed by atoms with van der Waals surface area (Å²) in [7, 11) is 6.17. The van der Waals surface area contributed by atoms with Gasteiger partial charge < -0.3 is 20.3 Å². The average molecular weight is 575 g/mol. The normalized spacial score (nSPS) is 12.2. The van der Waals surface area contributed by atoms with Gasteiger partial charge in [-0.1, -0.05) is 35.9 Å². The van der Waals surface area contributed by atoms with Gasteiger partial charge >= 0.3 is 0 Å². The minimum atomic E-state index is -0.548. The van der Waals surface area contributed by atoms with Gasteiger partial charge in [-0.25, -0.2) is 9.97 Å². The number of nitrogens with two attached hydrogens (primary N) is 1. The van der Waals surface area contributed by atoms with Crippen LogP contribution < -0.4 is 15.4 Å². The van der Waals surface area contributed by atoms with Gasteiger partial charge in [0.1, 0.15) is 33.9 Å². The molecule has 3 aromatic heterocycles. The van der Waals surface area contributed by atoms with E-state index in [-0.39, 0.29) is 6.10 Å². The van der Waals surface area contributed by atoms with Crippen LogP contribution in [0.15, 0.2) is 73.2 Å². The molecule has 2 aromatic carbocycles. The van der Waals surface area contributed by atoms with Crippen LogP contribution in [-0.4, -0.2) is 59.6 Å². The van der Waals surface area contributed by atoms with Crippen LogP contribution in [0.25, 0.3) is 27.2 Å². The van der Waals surface area contributed by atoms with E-state index in [1.165, 1.54) is 11.3 Å². The number of hydrogen-bond acceptors (Lipinski definition) is 7. The van der Waals surface area contributed by atoms with Gasteiger partial charge in [-0.15, -0.1) is 11.3 Å². The van der Waals surface area contributed by atoms with Crippen LogP contribution in [0.2, 0.25) is 5.02 Å². The predicted molar refractivity (Wildman–Crippen MR) is 163 cm³/mol. The Kier molecular flexibility index (Phi) is 8.07. The van der Waals surface area contributed by atoms with E-state index in [9.17, 15) is 4.79 Å². The highest BCUT2D eigenvalue weighted by Gasteiger charge is 2.21. The summed E-state index contributed by atoms with van der Waals surface area (Å²) in [6.07, 6.45) is 3.26. The average Bonchev–Trinajstić information content (AvgIpc) is 3.55. The Balaban J connectivity index is 1.40. The van der Waals surface area contributed by atoms with E-state index in [0.717, 1.165) is 51.6 Å². The number of carbonyl (C=O) groups is 1. The number of rotatable bonds is 10. The number of thiophene rings is 1. The summed E-state index contributed by atoms with van der Waals surface area (Å²) in [6, 6.07) is 19.5. The molecule has 5 rings (SSSR count). The zero-order chi connectivity index (χ0) is 28.4. The molecular formula is C30H31ClN6O2S. The summed E-state index contributed by atoms with van der Waals surface area (Å²) in [5.41, 5.74) is 10.3. The first kappa shape index (κ1) is 27.6. The zero-order valence-corrected chi connectivity index (χ0v) is 24.4. The van der Waals surface area contributed by atoms with Crippen molar-refractivity contribution in [2.24, 2.45) is 5.73 Å². The fourth-order valence-electron chi connectivity index (χ4n) is 4.41. The fourth-order valence-corrected chi connectivity index (χ4v) is 5.63. The molecule has 0 aliphatic carbocycles. The lowest BCUT2D eigenvalue weighted by Gasteiger charge is -2.20. The van der Waals surface area contributed by atoms with Gasteiger partial charge in [0.05, 0.1) is 11.0 Å². The van der Waals surface area contributed by atoms with Crippen LogP contribution in [0.1, 0.15) is 28.3 Å². The number of primary amides is 1. The van der Waals surface area contributed by atoms with Crippen molar-refractivity contribution in [2.75, 3.05) is 39.1 Å². The van der Waals surface area contributed by atoms with E-state index in [0.29, 0.717) is 15.6 Å². The van der Waals surface area contributed by atoms with Gasteiger partial charge in [-0.05, 0) is 56.9 Å². The Morgan fingerprint density at radius 3 is 2.52 bits per heavy atom. The monoisotopic (exact) mass is 574 g/mol. The van der Waals surface area contributed by atoms with Crippen molar-refractivity contribution in [3.63, 3.8) is 0 Å². The third-order valence-electron chi connectivity index (χ3n) is 6.70. The number of ether oxygens (including phenoxy) is 1. The lowest BCUT2D eigenvalue weighted by molar-refractivity contribution is 0.0998. The lowest BCUT2D eigenvalue weighted by atomic mass is 10.1. The Morgan fingerprint density at radius 1 is 1.05 bits per heavy atom. The number of imidazole rings is 1. The Labute approximate surface area is 242 Å². The predicted octanol–water partition coefficient (Wildman–Crippen LogP) is 6.04. The molecule has 0 saturated carbocycles. The Morgan fingerprint density at radius 2 is 1.82 bits per heavy atom. The smallest absolute Gasteiger partial charge is 0.262 e. The number of amides is 1. The molecule has 0 fully saturated rings. The molecule has 1 amide bonds. The van der Waals surface area contributed by atoms with Gasteiger partial charge in [-0.2, -0.15) is 0 Å². The van der Waals surface area contributed by atoms with Crippen LogP contribution in [0.3, 0.4) is 0 Å². The molecule has 0 aliphatic rings. The van der Waals surface area contributed by atoms with Crippen LogP contribution in [0.4, 0.5) is 5.82 Å². The lowest BCUT2D eigenvalue weighted by Crippen LogP contribution is -2.28. The van der Waals surface area contributed by atoms with Crippen molar-refractivity contribution in [2.45, 2.75) is 13.0 Å². The molecule has 8 nitrogen and oxygen atoms in total. The maximum absolute atomic E-state index is 12.3. The minimum absolute atomic E-state index is 0.342. The molecule has 0 saturated heterocycles. The Hall–Kier alpha value is -3.92. The summed E-state index contributed by atoms with van der Waals surface area (Å²) in [5, 5.41) is 1.38. The molecule has 0 spiro atoms. The molecule has 0 aliphatic heterocycles. The third kappa shape index (κ3) is 5.82. The highest BCUT2D eigenvalue weighted by Crippen LogP contribution is 2.37. The van der Waals surface area contributed by atoms with Crippen LogP contribution >= 0.6 is 22.9 Å². The summed E-state index contributed by atoms with van der Waals surface area (Å²) < 4.78 is 8.11. The summed E-state index contributed by atoms with van der Waals surface area (Å²) in [6.45, 7) is 3.74. The van der Waals surface area contributed by atoms with E-state index < -0.39 is 5.91 Å². The van der Waals surface area contributed by atoms with Gasteiger partial charge in [0, 0.05) is 48.5 Å². The SMILES string of the molecule is C[C@@H](Oc1cc(-n2cnc3cc(-c4ccc(N(C)CCN(C)C)nc4)ccc32)sc1C(N)=O)c1ccccc1Cl. The number of anilines is 1. The standard InChI is InChI=1S/C30H31ClN6O2S/c1-19(22-7-5-6-8-23(22)31)39-26-16-28(40-29(26)30(32)38)37-18-34-24-15-20(9-11-25(24)37)21-10-12-27(33-17-21)36(4)14-13-35(2)3/h5-12,15-19H,13-14H2,1-4H3,(H2,32,38)/t19-/m1/s1. The highest BCUT2D eigenvalue weighted by atomic mass is 35.5. The topological polar surface area (TPSA) is 89.5 Å². The quantitative estimate of drug-likeness (QED) is 0.219.